The van der Waals surface area contributed by atoms with Gasteiger partial charge in [0.1, 0.15) is 5.69 Å². The van der Waals surface area contributed by atoms with E-state index < -0.39 is 0 Å². The highest BCUT2D eigenvalue weighted by molar-refractivity contribution is 7.09. The molecule has 0 aliphatic heterocycles. The molecule has 0 unspecified atom stereocenters. The van der Waals surface area contributed by atoms with Crippen molar-refractivity contribution in [1.82, 2.24) is 24.4 Å². The third-order valence-electron chi connectivity index (χ3n) is 5.16. The largest absolute Gasteiger partial charge is 0.346 e. The van der Waals surface area contributed by atoms with Crippen LogP contribution in [0.2, 0.25) is 0 Å². The zero-order valence-corrected chi connectivity index (χ0v) is 17.6. The number of rotatable bonds is 5. The predicted molar refractivity (Wildman–Crippen MR) is 120 cm³/mol. The van der Waals surface area contributed by atoms with Gasteiger partial charge in [-0.25, -0.2) is 9.97 Å². The number of fused-ring (bicyclic) bond motifs is 3. The Kier molecular flexibility index (Phi) is 4.59. The molecule has 1 aromatic carbocycles. The van der Waals surface area contributed by atoms with Gasteiger partial charge in [0.25, 0.3) is 5.91 Å². The highest BCUT2D eigenvalue weighted by Crippen LogP contribution is 2.35. The van der Waals surface area contributed by atoms with Crippen molar-refractivity contribution in [2.45, 2.75) is 26.4 Å². The van der Waals surface area contributed by atoms with Gasteiger partial charge in [0.05, 0.1) is 23.1 Å². The molecule has 0 saturated heterocycles. The zero-order valence-electron chi connectivity index (χ0n) is 16.7. The highest BCUT2D eigenvalue weighted by atomic mass is 32.1. The van der Waals surface area contributed by atoms with Crippen LogP contribution in [0.25, 0.3) is 27.9 Å². The first-order valence-corrected chi connectivity index (χ1v) is 10.8. The van der Waals surface area contributed by atoms with Gasteiger partial charge in [-0.1, -0.05) is 24.3 Å². The third kappa shape index (κ3) is 2.98. The number of benzene rings is 1. The van der Waals surface area contributed by atoms with Crippen molar-refractivity contribution >= 4 is 39.2 Å². The van der Waals surface area contributed by atoms with Gasteiger partial charge in [0.2, 0.25) is 5.95 Å². The molecule has 4 heterocycles. The first kappa shape index (κ1) is 18.6. The van der Waals surface area contributed by atoms with Gasteiger partial charge in [0, 0.05) is 28.7 Å². The van der Waals surface area contributed by atoms with Crippen LogP contribution in [0.1, 0.15) is 35.3 Å². The monoisotopic (exact) mass is 415 g/mol. The summed E-state index contributed by atoms with van der Waals surface area (Å²) in [6, 6.07) is 16.2. The average Bonchev–Trinajstić information content (AvgIpc) is 3.47. The van der Waals surface area contributed by atoms with Crippen LogP contribution in [0.15, 0.2) is 66.3 Å². The van der Waals surface area contributed by atoms with E-state index in [0.717, 1.165) is 26.8 Å². The van der Waals surface area contributed by atoms with E-state index >= 15 is 0 Å². The summed E-state index contributed by atoms with van der Waals surface area (Å²) in [7, 11) is 0. The van der Waals surface area contributed by atoms with E-state index in [0.29, 0.717) is 18.2 Å². The Balaban J connectivity index is 1.74. The molecule has 6 nitrogen and oxygen atoms in total. The minimum atomic E-state index is -0.147. The fourth-order valence-corrected chi connectivity index (χ4v) is 4.61. The van der Waals surface area contributed by atoms with E-state index in [1.807, 2.05) is 40.3 Å². The molecule has 0 fully saturated rings. The molecule has 0 spiro atoms. The summed E-state index contributed by atoms with van der Waals surface area (Å²) in [4.78, 5) is 23.2. The fraction of sp³-hybridized carbons (Fsp3) is 0.174. The molecular formula is C23H21N5OS. The topological polar surface area (TPSA) is 64.7 Å². The van der Waals surface area contributed by atoms with Crippen molar-refractivity contribution in [3.63, 3.8) is 0 Å². The molecule has 7 heteroatoms. The summed E-state index contributed by atoms with van der Waals surface area (Å²) in [5.41, 5.74) is 3.61. The number of nitrogens with one attached hydrogen (secondary N) is 1. The van der Waals surface area contributed by atoms with Gasteiger partial charge >= 0.3 is 0 Å². The molecular weight excluding hydrogens is 394 g/mol. The van der Waals surface area contributed by atoms with Crippen molar-refractivity contribution in [2.24, 2.45) is 0 Å². The van der Waals surface area contributed by atoms with Crippen molar-refractivity contribution in [3.8, 4) is 5.95 Å². The number of nitrogens with zero attached hydrogens (tertiary/aromatic N) is 4. The first-order chi connectivity index (χ1) is 14.6. The van der Waals surface area contributed by atoms with Gasteiger partial charge in [0.15, 0.2) is 0 Å². The molecule has 30 heavy (non-hydrogen) atoms. The van der Waals surface area contributed by atoms with E-state index in [1.54, 1.807) is 29.8 Å². The zero-order chi connectivity index (χ0) is 20.7. The molecule has 0 aliphatic carbocycles. The number of aromatic nitrogens is 4. The van der Waals surface area contributed by atoms with Gasteiger partial charge in [-0.15, -0.1) is 11.3 Å². The van der Waals surface area contributed by atoms with Crippen LogP contribution >= 0.6 is 11.3 Å². The van der Waals surface area contributed by atoms with Crippen molar-refractivity contribution in [3.05, 3.63) is 76.9 Å². The first-order valence-electron chi connectivity index (χ1n) is 9.87. The minimum Gasteiger partial charge on any atom is -0.346 e. The van der Waals surface area contributed by atoms with E-state index in [-0.39, 0.29) is 11.9 Å². The van der Waals surface area contributed by atoms with Crippen molar-refractivity contribution in [1.29, 1.82) is 0 Å². The molecule has 0 aliphatic rings. The fourth-order valence-electron chi connectivity index (χ4n) is 3.96. The van der Waals surface area contributed by atoms with Crippen molar-refractivity contribution < 1.29 is 4.79 Å². The summed E-state index contributed by atoms with van der Waals surface area (Å²) in [6.45, 7) is 4.80. The Morgan fingerprint density at radius 1 is 1.07 bits per heavy atom. The third-order valence-corrected chi connectivity index (χ3v) is 6.04. The van der Waals surface area contributed by atoms with Crippen LogP contribution in [0, 0.1) is 0 Å². The van der Waals surface area contributed by atoms with Crippen LogP contribution in [0.5, 0.6) is 0 Å². The lowest BCUT2D eigenvalue weighted by molar-refractivity contribution is 0.0944. The number of amides is 1. The van der Waals surface area contributed by atoms with Gasteiger partial charge < -0.3 is 9.88 Å². The number of thiophene rings is 1. The molecule has 150 valence electrons. The van der Waals surface area contributed by atoms with Gasteiger partial charge in [-0.3, -0.25) is 9.36 Å². The molecule has 0 bridgehead atoms. The average molecular weight is 416 g/mol. The van der Waals surface area contributed by atoms with Crippen molar-refractivity contribution in [2.75, 3.05) is 0 Å². The van der Waals surface area contributed by atoms with E-state index in [4.69, 9.17) is 0 Å². The Morgan fingerprint density at radius 2 is 1.87 bits per heavy atom. The normalized spacial score (nSPS) is 11.6. The minimum absolute atomic E-state index is 0.147. The summed E-state index contributed by atoms with van der Waals surface area (Å²) in [6.07, 6.45) is 3.40. The Morgan fingerprint density at radius 3 is 2.60 bits per heavy atom. The summed E-state index contributed by atoms with van der Waals surface area (Å²) in [5.74, 6) is 0.340. The second-order valence-corrected chi connectivity index (χ2v) is 8.42. The predicted octanol–water partition coefficient (Wildman–Crippen LogP) is 4.95. The highest BCUT2D eigenvalue weighted by Gasteiger charge is 2.24. The maximum atomic E-state index is 13.2. The van der Waals surface area contributed by atoms with Crippen LogP contribution in [-0.4, -0.2) is 25.0 Å². The number of hydrogen-bond donors (Lipinski definition) is 1. The number of para-hydroxylation sites is 1. The summed E-state index contributed by atoms with van der Waals surface area (Å²) >= 11 is 1.63. The molecule has 1 amide bonds. The molecule has 4 aromatic heterocycles. The standard InChI is InChI=1S/C23H21N5OS/c1-15(2)27-18-9-4-3-8-17(18)21-19(27)13-20(28(21)23-24-10-6-11-25-23)22(29)26-14-16-7-5-12-30-16/h3-13,15H,14H2,1-2H3,(H,26,29). The van der Waals surface area contributed by atoms with Crippen LogP contribution in [0.3, 0.4) is 0 Å². The number of hydrogen-bond acceptors (Lipinski definition) is 4. The molecule has 5 rings (SSSR count). The lowest BCUT2D eigenvalue weighted by Gasteiger charge is -2.11. The van der Waals surface area contributed by atoms with Crippen LogP contribution in [0.4, 0.5) is 0 Å². The van der Waals surface area contributed by atoms with Gasteiger partial charge in [-0.2, -0.15) is 0 Å². The van der Waals surface area contributed by atoms with E-state index in [2.05, 4.69) is 45.8 Å². The Bertz CT molecular complexity index is 1330. The SMILES string of the molecule is CC(C)n1c2ccccc2c2c1cc(C(=O)NCc1cccs1)n2-c1ncccn1. The molecule has 5 aromatic rings. The van der Waals surface area contributed by atoms with Gasteiger partial charge in [-0.05, 0) is 43.5 Å². The van der Waals surface area contributed by atoms with Crippen LogP contribution in [-0.2, 0) is 6.54 Å². The summed E-state index contributed by atoms with van der Waals surface area (Å²) < 4.78 is 4.14. The number of carbonyl (C=O) groups excluding carboxylic acids is 1. The second kappa shape index (κ2) is 7.42. The molecule has 0 radical (unpaired) electrons. The van der Waals surface area contributed by atoms with Crippen LogP contribution < -0.4 is 5.32 Å². The smallest absolute Gasteiger partial charge is 0.268 e. The lowest BCUT2D eigenvalue weighted by atomic mass is 10.2. The summed E-state index contributed by atoms with van der Waals surface area (Å²) in [5, 5.41) is 6.13. The molecule has 0 atom stereocenters. The second-order valence-electron chi connectivity index (χ2n) is 7.39. The quantitative estimate of drug-likeness (QED) is 0.442. The maximum Gasteiger partial charge on any atom is 0.268 e. The lowest BCUT2D eigenvalue weighted by Crippen LogP contribution is -2.25. The Labute approximate surface area is 177 Å². The Hall–Kier alpha value is -3.45. The van der Waals surface area contributed by atoms with E-state index in [1.165, 1.54) is 0 Å². The maximum absolute atomic E-state index is 13.2. The van der Waals surface area contributed by atoms with E-state index in [9.17, 15) is 4.79 Å². The molecule has 1 N–H and O–H groups in total. The molecule has 0 saturated carbocycles. The number of carbonyl (C=O) groups is 1.